The van der Waals surface area contributed by atoms with Gasteiger partial charge in [-0.15, -0.1) is 0 Å². The Bertz CT molecular complexity index is 641. The number of rotatable bonds is 6. The molecule has 3 heteroatoms. The zero-order valence-electron chi connectivity index (χ0n) is 16.1. The Balaban J connectivity index is 1.34. The largest absolute Gasteiger partial charge is 0.466 e. The van der Waals surface area contributed by atoms with Gasteiger partial charge >= 0.3 is 5.97 Å². The van der Waals surface area contributed by atoms with Gasteiger partial charge in [-0.3, -0.25) is 0 Å². The normalized spacial score (nSPS) is 32.5. The molecule has 4 saturated carbocycles. The number of hydrogen-bond acceptors (Lipinski definition) is 3. The molecule has 0 N–H and O–H groups in total. The van der Waals surface area contributed by atoms with Crippen LogP contribution in [0.5, 0.6) is 0 Å². The van der Waals surface area contributed by atoms with Gasteiger partial charge in [0.05, 0.1) is 7.11 Å². The lowest BCUT2D eigenvalue weighted by Gasteiger charge is -2.57. The molecule has 26 heavy (non-hydrogen) atoms. The van der Waals surface area contributed by atoms with Crippen molar-refractivity contribution in [3.05, 3.63) is 41.5 Å². The van der Waals surface area contributed by atoms with Crippen molar-refractivity contribution in [2.24, 2.45) is 23.2 Å². The van der Waals surface area contributed by atoms with Crippen LogP contribution in [0.2, 0.25) is 0 Å². The maximum atomic E-state index is 11.2. The number of hydrogen-bond donors (Lipinski definition) is 0. The van der Waals surface area contributed by atoms with Crippen LogP contribution in [0.1, 0.15) is 49.7 Å². The Labute approximate surface area is 157 Å². The summed E-state index contributed by atoms with van der Waals surface area (Å²) >= 11 is 0. The number of ether oxygens (including phenoxy) is 1. The van der Waals surface area contributed by atoms with E-state index in [1.807, 2.05) is 0 Å². The Morgan fingerprint density at radius 2 is 1.69 bits per heavy atom. The molecule has 140 valence electrons. The van der Waals surface area contributed by atoms with Gasteiger partial charge in [0.2, 0.25) is 0 Å². The topological polar surface area (TPSA) is 29.5 Å². The van der Waals surface area contributed by atoms with Gasteiger partial charge in [-0.25, -0.2) is 4.79 Å². The lowest BCUT2D eigenvalue weighted by atomic mass is 9.49. The highest BCUT2D eigenvalue weighted by molar-refractivity contribution is 5.86. The highest BCUT2D eigenvalue weighted by atomic mass is 16.5. The number of carbonyl (C=O) groups excluding carboxylic acids is 1. The van der Waals surface area contributed by atoms with E-state index in [0.29, 0.717) is 5.41 Å². The van der Waals surface area contributed by atoms with Crippen molar-refractivity contribution < 1.29 is 9.53 Å². The second-order valence-corrected chi connectivity index (χ2v) is 9.19. The van der Waals surface area contributed by atoms with Crippen molar-refractivity contribution in [2.75, 3.05) is 20.7 Å². The molecule has 0 saturated heterocycles. The van der Waals surface area contributed by atoms with Crippen LogP contribution in [0.4, 0.5) is 0 Å². The molecule has 4 aliphatic carbocycles. The van der Waals surface area contributed by atoms with Gasteiger partial charge in [0, 0.05) is 19.2 Å². The number of esters is 1. The van der Waals surface area contributed by atoms with Crippen molar-refractivity contribution >= 4 is 12.0 Å². The van der Waals surface area contributed by atoms with Crippen LogP contribution in [0.25, 0.3) is 6.08 Å². The SMILES string of the molecule is COC(=O)/C=C/c1ccc(CN(C)CC23CC4CC(CC(C4)C2)C3)cc1. The smallest absolute Gasteiger partial charge is 0.330 e. The van der Waals surface area contributed by atoms with Crippen molar-refractivity contribution in [1.29, 1.82) is 0 Å². The lowest BCUT2D eigenvalue weighted by molar-refractivity contribution is -0.134. The van der Waals surface area contributed by atoms with E-state index in [1.54, 1.807) is 6.08 Å². The van der Waals surface area contributed by atoms with Gasteiger partial charge in [0.1, 0.15) is 0 Å². The standard InChI is InChI=1S/C23H31NO2/c1-24(15-18-5-3-17(4-6-18)7-8-22(25)26-2)16-23-12-19-9-20(13-23)11-21(10-19)14-23/h3-8,19-21H,9-16H2,1-2H3/b8-7+. The predicted molar refractivity (Wildman–Crippen MR) is 104 cm³/mol. The van der Waals surface area contributed by atoms with E-state index in [4.69, 9.17) is 0 Å². The fourth-order valence-corrected chi connectivity index (χ4v) is 6.39. The Hall–Kier alpha value is -1.61. The first-order valence-corrected chi connectivity index (χ1v) is 10.1. The molecule has 0 spiro atoms. The van der Waals surface area contributed by atoms with Crippen LogP contribution >= 0.6 is 0 Å². The minimum Gasteiger partial charge on any atom is -0.466 e. The maximum Gasteiger partial charge on any atom is 0.330 e. The fraction of sp³-hybridized carbons (Fsp3) is 0.609. The molecule has 4 fully saturated rings. The van der Waals surface area contributed by atoms with Gasteiger partial charge in [0.15, 0.2) is 0 Å². The van der Waals surface area contributed by atoms with E-state index >= 15 is 0 Å². The van der Waals surface area contributed by atoms with E-state index in [-0.39, 0.29) is 5.97 Å². The molecule has 0 unspecified atom stereocenters. The molecular weight excluding hydrogens is 322 g/mol. The third-order valence-electron chi connectivity index (χ3n) is 6.82. The molecule has 4 aliphatic rings. The van der Waals surface area contributed by atoms with Gasteiger partial charge in [-0.1, -0.05) is 24.3 Å². The second kappa shape index (κ2) is 7.19. The molecule has 0 aliphatic heterocycles. The summed E-state index contributed by atoms with van der Waals surface area (Å²) in [4.78, 5) is 13.7. The van der Waals surface area contributed by atoms with Crippen LogP contribution in [0, 0.1) is 23.2 Å². The van der Waals surface area contributed by atoms with Gasteiger partial charge in [-0.2, -0.15) is 0 Å². The van der Waals surface area contributed by atoms with Crippen LogP contribution in [-0.2, 0) is 16.1 Å². The second-order valence-electron chi connectivity index (χ2n) is 9.19. The lowest BCUT2D eigenvalue weighted by Crippen LogP contribution is -2.50. The average molecular weight is 354 g/mol. The molecule has 0 amide bonds. The highest BCUT2D eigenvalue weighted by Crippen LogP contribution is 2.60. The van der Waals surface area contributed by atoms with Gasteiger partial charge in [0.25, 0.3) is 0 Å². The first-order chi connectivity index (χ1) is 12.5. The van der Waals surface area contributed by atoms with E-state index in [2.05, 4.69) is 40.9 Å². The van der Waals surface area contributed by atoms with Crippen LogP contribution in [-0.4, -0.2) is 31.6 Å². The van der Waals surface area contributed by atoms with Crippen LogP contribution < -0.4 is 0 Å². The van der Waals surface area contributed by atoms with E-state index in [9.17, 15) is 4.79 Å². The monoisotopic (exact) mass is 353 g/mol. The number of carbonyl (C=O) groups is 1. The number of methoxy groups -OCH3 is 1. The summed E-state index contributed by atoms with van der Waals surface area (Å²) in [6, 6.07) is 8.50. The minimum absolute atomic E-state index is 0.315. The first-order valence-electron chi connectivity index (χ1n) is 10.1. The molecule has 1 aromatic rings. The van der Waals surface area contributed by atoms with E-state index in [1.165, 1.54) is 63.8 Å². The summed E-state index contributed by atoms with van der Waals surface area (Å²) in [5, 5.41) is 0. The molecule has 1 aromatic carbocycles. The minimum atomic E-state index is -0.315. The maximum absolute atomic E-state index is 11.2. The van der Waals surface area contributed by atoms with Crippen molar-refractivity contribution in [3.63, 3.8) is 0 Å². The molecule has 0 aromatic heterocycles. The summed E-state index contributed by atoms with van der Waals surface area (Å²) in [6.07, 6.45) is 12.2. The third kappa shape index (κ3) is 3.88. The van der Waals surface area contributed by atoms with Gasteiger partial charge < -0.3 is 9.64 Å². The highest BCUT2D eigenvalue weighted by Gasteiger charge is 2.50. The molecule has 0 heterocycles. The molecule has 5 rings (SSSR count). The zero-order chi connectivity index (χ0) is 18.1. The first kappa shape index (κ1) is 17.8. The molecule has 0 radical (unpaired) electrons. The average Bonchev–Trinajstić information content (AvgIpc) is 2.59. The molecule has 0 atom stereocenters. The number of benzene rings is 1. The molecule has 4 bridgehead atoms. The Morgan fingerprint density at radius 3 is 2.23 bits per heavy atom. The summed E-state index contributed by atoms with van der Waals surface area (Å²) in [5.74, 6) is 2.76. The Morgan fingerprint density at radius 1 is 1.12 bits per heavy atom. The van der Waals surface area contributed by atoms with E-state index in [0.717, 1.165) is 29.9 Å². The molecular formula is C23H31NO2. The quantitative estimate of drug-likeness (QED) is 0.556. The predicted octanol–water partition coefficient (Wildman–Crippen LogP) is 4.52. The summed E-state index contributed by atoms with van der Waals surface area (Å²) in [5.41, 5.74) is 2.97. The summed E-state index contributed by atoms with van der Waals surface area (Å²) < 4.78 is 4.63. The fourth-order valence-electron chi connectivity index (χ4n) is 6.39. The van der Waals surface area contributed by atoms with Crippen molar-refractivity contribution in [3.8, 4) is 0 Å². The van der Waals surface area contributed by atoms with Crippen molar-refractivity contribution in [2.45, 2.75) is 45.1 Å². The van der Waals surface area contributed by atoms with Crippen LogP contribution in [0.15, 0.2) is 30.3 Å². The Kier molecular flexibility index (Phi) is 4.92. The van der Waals surface area contributed by atoms with Crippen molar-refractivity contribution in [1.82, 2.24) is 4.90 Å². The number of nitrogens with zero attached hydrogens (tertiary/aromatic N) is 1. The van der Waals surface area contributed by atoms with E-state index < -0.39 is 0 Å². The zero-order valence-corrected chi connectivity index (χ0v) is 16.1. The third-order valence-corrected chi connectivity index (χ3v) is 6.82. The summed E-state index contributed by atoms with van der Waals surface area (Å²) in [6.45, 7) is 2.25. The van der Waals surface area contributed by atoms with Crippen LogP contribution in [0.3, 0.4) is 0 Å². The molecule has 3 nitrogen and oxygen atoms in total. The summed E-state index contributed by atoms with van der Waals surface area (Å²) in [7, 11) is 3.68. The van der Waals surface area contributed by atoms with Gasteiger partial charge in [-0.05, 0) is 85.9 Å².